The van der Waals surface area contributed by atoms with Crippen molar-refractivity contribution in [3.8, 4) is 0 Å². The number of aliphatic hydroxyl groups excluding tert-OH is 1. The maximum Gasteiger partial charge on any atom is 0.0820 e. The van der Waals surface area contributed by atoms with Crippen LogP contribution in [0.4, 0.5) is 0 Å². The molecule has 1 aliphatic rings. The highest BCUT2D eigenvalue weighted by molar-refractivity contribution is 5.79. The Hall–Kier alpha value is -1.41. The van der Waals surface area contributed by atoms with Gasteiger partial charge >= 0.3 is 0 Å². The molecule has 18 heavy (non-hydrogen) atoms. The van der Waals surface area contributed by atoms with Crippen LogP contribution in [0.5, 0.6) is 0 Å². The van der Waals surface area contributed by atoms with E-state index < -0.39 is 0 Å². The van der Waals surface area contributed by atoms with Crippen LogP contribution in [0.3, 0.4) is 0 Å². The summed E-state index contributed by atoms with van der Waals surface area (Å²) in [5.41, 5.74) is 2.03. The fourth-order valence-corrected chi connectivity index (χ4v) is 3.17. The predicted molar refractivity (Wildman–Crippen MR) is 73.2 cm³/mol. The van der Waals surface area contributed by atoms with Gasteiger partial charge in [0.2, 0.25) is 0 Å². The first kappa shape index (κ1) is 11.7. The highest BCUT2D eigenvalue weighted by atomic mass is 16.3. The van der Waals surface area contributed by atoms with Crippen molar-refractivity contribution in [2.45, 2.75) is 32.3 Å². The number of aliphatic hydroxyl groups is 1. The molecule has 1 aromatic heterocycles. The van der Waals surface area contributed by atoms with Gasteiger partial charge in [0.1, 0.15) is 0 Å². The number of pyridine rings is 1. The zero-order chi connectivity index (χ0) is 12.5. The number of fused-ring (bicyclic) bond motifs is 1. The number of rotatable bonds is 2. The fraction of sp³-hybridized carbons (Fsp3) is 0.438. The predicted octanol–water partition coefficient (Wildman–Crippen LogP) is 3.70. The molecule has 2 aromatic rings. The molecule has 2 nitrogen and oxygen atoms in total. The molecular formula is C16H19NO. The average molecular weight is 241 g/mol. The van der Waals surface area contributed by atoms with Gasteiger partial charge in [0.05, 0.1) is 11.6 Å². The molecule has 1 N–H and O–H groups in total. The van der Waals surface area contributed by atoms with Crippen LogP contribution in [0.15, 0.2) is 36.5 Å². The van der Waals surface area contributed by atoms with Gasteiger partial charge in [-0.05, 0) is 42.0 Å². The fourth-order valence-electron chi connectivity index (χ4n) is 3.17. The Balaban J connectivity index is 1.93. The van der Waals surface area contributed by atoms with E-state index in [0.717, 1.165) is 22.9 Å². The summed E-state index contributed by atoms with van der Waals surface area (Å²) >= 11 is 0. The molecule has 2 heteroatoms. The maximum atomic E-state index is 10.5. The van der Waals surface area contributed by atoms with Gasteiger partial charge < -0.3 is 5.11 Å². The van der Waals surface area contributed by atoms with Crippen LogP contribution in [0, 0.1) is 11.8 Å². The van der Waals surface area contributed by atoms with Crippen LogP contribution in [-0.4, -0.2) is 10.1 Å². The van der Waals surface area contributed by atoms with E-state index in [1.807, 2.05) is 18.2 Å². The van der Waals surface area contributed by atoms with Gasteiger partial charge in [-0.1, -0.05) is 31.9 Å². The van der Waals surface area contributed by atoms with Gasteiger partial charge in [-0.3, -0.25) is 4.98 Å². The first-order chi connectivity index (χ1) is 8.75. The van der Waals surface area contributed by atoms with Crippen molar-refractivity contribution < 1.29 is 5.11 Å². The van der Waals surface area contributed by atoms with Crippen molar-refractivity contribution in [2.24, 2.45) is 11.8 Å². The highest BCUT2D eigenvalue weighted by Crippen LogP contribution is 2.40. The van der Waals surface area contributed by atoms with Gasteiger partial charge in [-0.25, -0.2) is 0 Å². The first-order valence-corrected chi connectivity index (χ1v) is 6.78. The molecule has 94 valence electrons. The monoisotopic (exact) mass is 241 g/mol. The van der Waals surface area contributed by atoms with Crippen molar-refractivity contribution in [1.82, 2.24) is 4.98 Å². The first-order valence-electron chi connectivity index (χ1n) is 6.78. The molecule has 1 fully saturated rings. The van der Waals surface area contributed by atoms with E-state index in [1.54, 1.807) is 6.20 Å². The van der Waals surface area contributed by atoms with E-state index in [0.29, 0.717) is 11.8 Å². The quantitative estimate of drug-likeness (QED) is 0.869. The zero-order valence-electron chi connectivity index (χ0n) is 10.7. The number of nitrogens with zero attached hydrogens (tertiary/aromatic N) is 1. The number of aromatic nitrogens is 1. The lowest BCUT2D eigenvalue weighted by molar-refractivity contribution is 0.0902. The molecule has 0 spiro atoms. The summed E-state index contributed by atoms with van der Waals surface area (Å²) in [6, 6.07) is 10.1. The van der Waals surface area contributed by atoms with Crippen LogP contribution in [-0.2, 0) is 0 Å². The third-order valence-corrected chi connectivity index (χ3v) is 4.30. The Labute approximate surface area is 108 Å². The lowest BCUT2D eigenvalue weighted by Crippen LogP contribution is -2.15. The number of hydrogen-bond acceptors (Lipinski definition) is 2. The smallest absolute Gasteiger partial charge is 0.0820 e. The minimum absolute atomic E-state index is 0.327. The van der Waals surface area contributed by atoms with Gasteiger partial charge in [0, 0.05) is 11.6 Å². The highest BCUT2D eigenvalue weighted by Gasteiger charge is 2.30. The van der Waals surface area contributed by atoms with Gasteiger partial charge in [0.25, 0.3) is 0 Å². The molecular weight excluding hydrogens is 222 g/mol. The Bertz CT molecular complexity index is 552. The van der Waals surface area contributed by atoms with Crippen molar-refractivity contribution in [3.05, 3.63) is 42.1 Å². The van der Waals surface area contributed by atoms with E-state index >= 15 is 0 Å². The van der Waals surface area contributed by atoms with Gasteiger partial charge in [0.15, 0.2) is 0 Å². The van der Waals surface area contributed by atoms with Crippen LogP contribution in [0.1, 0.15) is 37.9 Å². The van der Waals surface area contributed by atoms with E-state index in [1.165, 1.54) is 12.8 Å². The molecule has 3 unspecified atom stereocenters. The molecule has 1 saturated carbocycles. The minimum atomic E-state index is -0.327. The van der Waals surface area contributed by atoms with Crippen LogP contribution in [0.2, 0.25) is 0 Å². The molecule has 0 radical (unpaired) electrons. The lowest BCUT2D eigenvalue weighted by atomic mass is 9.88. The molecule has 1 aromatic carbocycles. The lowest BCUT2D eigenvalue weighted by Gasteiger charge is -2.22. The second kappa shape index (κ2) is 4.69. The topological polar surface area (TPSA) is 33.1 Å². The summed E-state index contributed by atoms with van der Waals surface area (Å²) in [7, 11) is 0. The van der Waals surface area contributed by atoms with Crippen molar-refractivity contribution in [3.63, 3.8) is 0 Å². The van der Waals surface area contributed by atoms with Crippen LogP contribution in [0.25, 0.3) is 10.9 Å². The molecule has 0 aliphatic heterocycles. The average Bonchev–Trinajstić information content (AvgIpc) is 2.83. The van der Waals surface area contributed by atoms with Crippen molar-refractivity contribution in [1.29, 1.82) is 0 Å². The van der Waals surface area contributed by atoms with E-state index in [2.05, 4.69) is 24.0 Å². The number of benzene rings is 1. The second-order valence-electron chi connectivity index (χ2n) is 5.47. The summed E-state index contributed by atoms with van der Waals surface area (Å²) in [5, 5.41) is 11.6. The van der Waals surface area contributed by atoms with Gasteiger partial charge in [-0.15, -0.1) is 0 Å². The normalized spacial score (nSPS) is 25.4. The third kappa shape index (κ3) is 2.01. The maximum absolute atomic E-state index is 10.5. The number of hydrogen-bond donors (Lipinski definition) is 1. The zero-order valence-corrected chi connectivity index (χ0v) is 10.7. The van der Waals surface area contributed by atoms with E-state index in [9.17, 15) is 5.11 Å². The second-order valence-corrected chi connectivity index (χ2v) is 5.47. The molecule has 3 atom stereocenters. The Morgan fingerprint density at radius 2 is 2.17 bits per heavy atom. The van der Waals surface area contributed by atoms with Crippen LogP contribution >= 0.6 is 0 Å². The third-order valence-electron chi connectivity index (χ3n) is 4.30. The molecule has 0 saturated heterocycles. The van der Waals surface area contributed by atoms with Crippen LogP contribution < -0.4 is 0 Å². The Morgan fingerprint density at radius 1 is 1.28 bits per heavy atom. The van der Waals surface area contributed by atoms with E-state index in [4.69, 9.17) is 0 Å². The van der Waals surface area contributed by atoms with E-state index in [-0.39, 0.29) is 6.10 Å². The standard InChI is InChI=1S/C16H19NO/c1-11-4-2-6-14(11)16(18)13-7-8-15-12(10-13)5-3-9-17-15/h3,5,7-11,14,16,18H,2,4,6H2,1H3. The molecule has 0 bridgehead atoms. The molecule has 1 heterocycles. The Kier molecular flexibility index (Phi) is 3.04. The summed E-state index contributed by atoms with van der Waals surface area (Å²) in [6.07, 6.45) is 5.12. The summed E-state index contributed by atoms with van der Waals surface area (Å²) in [5.74, 6) is 1.05. The van der Waals surface area contributed by atoms with Crippen molar-refractivity contribution in [2.75, 3.05) is 0 Å². The largest absolute Gasteiger partial charge is 0.388 e. The summed E-state index contributed by atoms with van der Waals surface area (Å²) in [4.78, 5) is 4.31. The van der Waals surface area contributed by atoms with Crippen molar-refractivity contribution >= 4 is 10.9 Å². The molecule has 1 aliphatic carbocycles. The molecule has 0 amide bonds. The van der Waals surface area contributed by atoms with Gasteiger partial charge in [-0.2, -0.15) is 0 Å². The SMILES string of the molecule is CC1CCCC1C(O)c1ccc2ncccc2c1. The minimum Gasteiger partial charge on any atom is -0.388 e. The Morgan fingerprint density at radius 3 is 2.94 bits per heavy atom. The summed E-state index contributed by atoms with van der Waals surface area (Å²) in [6.45, 7) is 2.25. The summed E-state index contributed by atoms with van der Waals surface area (Å²) < 4.78 is 0. The molecule has 3 rings (SSSR count).